The minimum atomic E-state index is -0.463. The molecule has 0 unspecified atom stereocenters. The molecule has 0 aromatic carbocycles. The van der Waals surface area contributed by atoms with E-state index in [1.54, 1.807) is 24.3 Å². The van der Waals surface area contributed by atoms with Gasteiger partial charge in [0, 0.05) is 22.8 Å². The van der Waals surface area contributed by atoms with Crippen LogP contribution in [0.25, 0.3) is 0 Å². The number of hydrogen-bond donors (Lipinski definition) is 1. The van der Waals surface area contributed by atoms with Crippen LogP contribution < -0.4 is 5.32 Å². The molecule has 0 spiro atoms. The van der Waals surface area contributed by atoms with Gasteiger partial charge in [0.05, 0.1) is 0 Å². The number of allylic oxidation sites excluding steroid dienone is 4. The van der Waals surface area contributed by atoms with Crippen molar-refractivity contribution in [3.63, 3.8) is 0 Å². The molecule has 0 heterocycles. The number of aldehydes is 1. The van der Waals surface area contributed by atoms with Gasteiger partial charge in [0.15, 0.2) is 0 Å². The minimum absolute atomic E-state index is 0.0936. The third-order valence-corrected chi connectivity index (χ3v) is 2.01. The first-order chi connectivity index (χ1) is 7.43. The van der Waals surface area contributed by atoms with Gasteiger partial charge in [-0.2, -0.15) is 0 Å². The van der Waals surface area contributed by atoms with E-state index in [0.717, 1.165) is 6.29 Å². The van der Waals surface area contributed by atoms with E-state index < -0.39 is 5.41 Å². The van der Waals surface area contributed by atoms with Crippen molar-refractivity contribution in [3.05, 3.63) is 41.3 Å². The highest BCUT2D eigenvalue weighted by molar-refractivity contribution is 5.85. The van der Waals surface area contributed by atoms with Gasteiger partial charge in [0.25, 0.3) is 0 Å². The highest BCUT2D eigenvalue weighted by Crippen LogP contribution is 2.14. The Kier molecular flexibility index (Phi) is 3.64. The lowest BCUT2D eigenvalue weighted by Crippen LogP contribution is -2.33. The van der Waals surface area contributed by atoms with E-state index in [0.29, 0.717) is 11.3 Å². The van der Waals surface area contributed by atoms with Crippen molar-refractivity contribution in [3.8, 4) is 0 Å². The highest BCUT2D eigenvalue weighted by Gasteiger charge is 2.21. The van der Waals surface area contributed by atoms with Crippen molar-refractivity contribution >= 4 is 12.2 Å². The van der Waals surface area contributed by atoms with E-state index in [4.69, 9.17) is 0 Å². The second-order valence-corrected chi connectivity index (χ2v) is 4.57. The molecule has 1 aliphatic rings. The molecular weight excluding hydrogens is 202 g/mol. The van der Waals surface area contributed by atoms with Crippen molar-refractivity contribution in [2.24, 2.45) is 5.41 Å². The average molecular weight is 217 g/mol. The summed E-state index contributed by atoms with van der Waals surface area (Å²) in [4.78, 5) is 22.4. The number of hydrogen-bond acceptors (Lipinski definition) is 2. The Morgan fingerprint density at radius 1 is 1.44 bits per heavy atom. The van der Waals surface area contributed by atoms with Gasteiger partial charge in [0.2, 0.25) is 5.91 Å². The van der Waals surface area contributed by atoms with Gasteiger partial charge < -0.3 is 5.32 Å². The Hall–Kier alpha value is -1.86. The lowest BCUT2D eigenvalue weighted by atomic mass is 9.95. The summed E-state index contributed by atoms with van der Waals surface area (Å²) in [6.45, 7) is 5.49. The molecule has 1 N–H and O–H groups in total. The summed E-state index contributed by atoms with van der Waals surface area (Å²) in [5.74, 6) is -0.0936. The average Bonchev–Trinajstić information content (AvgIpc) is 2.41. The van der Waals surface area contributed by atoms with Crippen LogP contribution in [0.2, 0.25) is 0 Å². The van der Waals surface area contributed by atoms with Gasteiger partial charge in [-0.25, -0.2) is 0 Å². The standard InChI is InChI=1S/C13H15NO2/c1-13(2,3)12(16)14-11-7-5-4-6-10(8-11)9-15/h4,6-9H,1-3H3,(H,14,16). The number of amides is 1. The third kappa shape index (κ3) is 3.37. The summed E-state index contributed by atoms with van der Waals surface area (Å²) in [5, 5.41) is 2.75. The molecule has 0 aromatic heterocycles. The monoisotopic (exact) mass is 217 g/mol. The Morgan fingerprint density at radius 3 is 2.69 bits per heavy atom. The van der Waals surface area contributed by atoms with Gasteiger partial charge in [-0.1, -0.05) is 20.8 Å². The summed E-state index contributed by atoms with van der Waals surface area (Å²) in [6, 6.07) is 0. The van der Waals surface area contributed by atoms with E-state index in [2.05, 4.69) is 11.0 Å². The third-order valence-electron chi connectivity index (χ3n) is 2.01. The minimum Gasteiger partial charge on any atom is -0.325 e. The van der Waals surface area contributed by atoms with Crippen LogP contribution in [-0.4, -0.2) is 12.2 Å². The fraction of sp³-hybridized carbons (Fsp3) is 0.308. The lowest BCUT2D eigenvalue weighted by molar-refractivity contribution is -0.127. The number of carbonyl (C=O) groups is 2. The van der Waals surface area contributed by atoms with Gasteiger partial charge in [-0.15, -0.1) is 5.73 Å². The van der Waals surface area contributed by atoms with Gasteiger partial charge >= 0.3 is 0 Å². The maximum atomic E-state index is 11.7. The molecule has 0 saturated carbocycles. The zero-order chi connectivity index (χ0) is 12.2. The predicted octanol–water partition coefficient (Wildman–Crippen LogP) is 1.88. The number of nitrogens with one attached hydrogen (secondary N) is 1. The van der Waals surface area contributed by atoms with Crippen molar-refractivity contribution in [2.45, 2.75) is 20.8 Å². The van der Waals surface area contributed by atoms with Crippen LogP contribution in [-0.2, 0) is 9.59 Å². The summed E-state index contributed by atoms with van der Waals surface area (Å²) in [7, 11) is 0. The molecule has 1 rings (SSSR count). The predicted molar refractivity (Wildman–Crippen MR) is 62.5 cm³/mol. The fourth-order valence-electron chi connectivity index (χ4n) is 1.02. The molecule has 3 nitrogen and oxygen atoms in total. The molecule has 0 saturated heterocycles. The van der Waals surface area contributed by atoms with Gasteiger partial charge in [0.1, 0.15) is 6.29 Å². The molecule has 16 heavy (non-hydrogen) atoms. The van der Waals surface area contributed by atoms with E-state index in [1.807, 2.05) is 20.8 Å². The lowest BCUT2D eigenvalue weighted by Gasteiger charge is -2.17. The Balaban J connectivity index is 2.86. The SMILES string of the molecule is CC(C)(C)C(=O)NC1=CC(C=O)=CC=C=C1. The van der Waals surface area contributed by atoms with Crippen LogP contribution in [0, 0.1) is 5.41 Å². The second kappa shape index (κ2) is 4.77. The normalized spacial score (nSPS) is 14.9. The molecule has 0 bridgehead atoms. The molecule has 0 atom stereocenters. The van der Waals surface area contributed by atoms with Crippen LogP contribution >= 0.6 is 0 Å². The van der Waals surface area contributed by atoms with Crippen LogP contribution in [0.3, 0.4) is 0 Å². The highest BCUT2D eigenvalue weighted by atomic mass is 16.2. The topological polar surface area (TPSA) is 46.2 Å². The van der Waals surface area contributed by atoms with E-state index in [9.17, 15) is 9.59 Å². The molecular formula is C13H15NO2. The zero-order valence-electron chi connectivity index (χ0n) is 9.70. The molecule has 3 heteroatoms. The molecule has 0 fully saturated rings. The molecule has 0 aliphatic heterocycles. The summed E-state index contributed by atoms with van der Waals surface area (Å²) in [5.41, 5.74) is 3.47. The van der Waals surface area contributed by atoms with Gasteiger partial charge in [-0.05, 0) is 18.2 Å². The summed E-state index contributed by atoms with van der Waals surface area (Å²) in [6.07, 6.45) is 7.26. The van der Waals surface area contributed by atoms with Crippen LogP contribution in [0.15, 0.2) is 41.3 Å². The van der Waals surface area contributed by atoms with Crippen molar-refractivity contribution in [2.75, 3.05) is 0 Å². The van der Waals surface area contributed by atoms with E-state index in [-0.39, 0.29) is 5.91 Å². The van der Waals surface area contributed by atoms with Crippen molar-refractivity contribution in [1.82, 2.24) is 5.32 Å². The first-order valence-corrected chi connectivity index (χ1v) is 5.04. The van der Waals surface area contributed by atoms with Gasteiger partial charge in [-0.3, -0.25) is 9.59 Å². The van der Waals surface area contributed by atoms with Crippen molar-refractivity contribution in [1.29, 1.82) is 0 Å². The molecule has 0 aromatic rings. The molecule has 0 radical (unpaired) electrons. The van der Waals surface area contributed by atoms with E-state index in [1.165, 1.54) is 0 Å². The first kappa shape index (κ1) is 12.2. The Bertz CT molecular complexity index is 427. The van der Waals surface area contributed by atoms with Crippen molar-refractivity contribution < 1.29 is 9.59 Å². The van der Waals surface area contributed by atoms with E-state index >= 15 is 0 Å². The largest absolute Gasteiger partial charge is 0.325 e. The Labute approximate surface area is 95.2 Å². The molecule has 84 valence electrons. The first-order valence-electron chi connectivity index (χ1n) is 5.04. The molecule has 1 aliphatic carbocycles. The maximum absolute atomic E-state index is 11.7. The second-order valence-electron chi connectivity index (χ2n) is 4.57. The smallest absolute Gasteiger partial charge is 0.229 e. The van der Waals surface area contributed by atoms with Crippen LogP contribution in [0.4, 0.5) is 0 Å². The fourth-order valence-corrected chi connectivity index (χ4v) is 1.02. The summed E-state index contributed by atoms with van der Waals surface area (Å²) < 4.78 is 0. The molecule has 1 amide bonds. The number of carbonyl (C=O) groups excluding carboxylic acids is 2. The zero-order valence-corrected chi connectivity index (χ0v) is 9.70. The Morgan fingerprint density at radius 2 is 2.12 bits per heavy atom. The quantitative estimate of drug-likeness (QED) is 0.567. The maximum Gasteiger partial charge on any atom is 0.229 e. The summed E-state index contributed by atoms with van der Waals surface area (Å²) >= 11 is 0. The number of rotatable bonds is 2. The van der Waals surface area contributed by atoms with Crippen LogP contribution in [0.5, 0.6) is 0 Å². The van der Waals surface area contributed by atoms with Crippen LogP contribution in [0.1, 0.15) is 20.8 Å².